The van der Waals surface area contributed by atoms with Gasteiger partial charge in [0, 0.05) is 25.2 Å². The number of aromatic nitrogens is 6. The van der Waals surface area contributed by atoms with Crippen LogP contribution in [-0.2, 0) is 18.3 Å². The number of nitrogens with zero attached hydrogens (tertiary/aromatic N) is 6. The fourth-order valence-corrected chi connectivity index (χ4v) is 2.98. The molecule has 0 aliphatic heterocycles. The summed E-state index contributed by atoms with van der Waals surface area (Å²) in [5, 5.41) is 22.1. The number of H-pyrrole nitrogens is 1. The van der Waals surface area contributed by atoms with Gasteiger partial charge in [-0.3, -0.25) is 29.4 Å². The molecule has 4 rings (SSSR count). The van der Waals surface area contributed by atoms with Gasteiger partial charge >= 0.3 is 0 Å². The minimum Gasteiger partial charge on any atom is -0.310 e. The number of non-ortho nitro benzene ring substituents is 1. The standard InChI is InChI=1S/C18H16N8O4/c1-10-7-14(20-15(27)8-11-3-5-12(6-4-11)26(29)30)25(23-10)18-21-16-13(17(28)22-18)9-19-24(16)2/h3-7,9H,8H2,1-2H3,(H,20,27)(H,21,22,28). The van der Waals surface area contributed by atoms with Crippen LogP contribution in [0.1, 0.15) is 11.3 Å². The van der Waals surface area contributed by atoms with Gasteiger partial charge in [-0.2, -0.15) is 19.9 Å². The van der Waals surface area contributed by atoms with Gasteiger partial charge in [0.05, 0.1) is 23.2 Å². The lowest BCUT2D eigenvalue weighted by Gasteiger charge is -2.08. The molecule has 3 heterocycles. The number of amides is 1. The number of benzene rings is 1. The predicted molar refractivity (Wildman–Crippen MR) is 106 cm³/mol. The zero-order chi connectivity index (χ0) is 21.4. The van der Waals surface area contributed by atoms with Crippen LogP contribution in [0.15, 0.2) is 41.3 Å². The van der Waals surface area contributed by atoms with E-state index in [1.165, 1.54) is 39.8 Å². The number of carbonyl (C=O) groups is 1. The largest absolute Gasteiger partial charge is 0.310 e. The highest BCUT2D eigenvalue weighted by molar-refractivity contribution is 5.91. The number of hydrogen-bond donors (Lipinski definition) is 2. The maximum atomic E-state index is 12.5. The summed E-state index contributed by atoms with van der Waals surface area (Å²) >= 11 is 0. The Morgan fingerprint density at radius 1 is 1.30 bits per heavy atom. The van der Waals surface area contributed by atoms with Crippen LogP contribution in [0.25, 0.3) is 17.0 Å². The molecular formula is C18H16N8O4. The van der Waals surface area contributed by atoms with Crippen molar-refractivity contribution in [1.82, 2.24) is 29.5 Å². The number of nitro benzene ring substituents is 1. The zero-order valence-corrected chi connectivity index (χ0v) is 16.0. The van der Waals surface area contributed by atoms with E-state index in [0.29, 0.717) is 28.1 Å². The van der Waals surface area contributed by atoms with E-state index in [9.17, 15) is 19.7 Å². The first kappa shape index (κ1) is 19.0. The second-order valence-corrected chi connectivity index (χ2v) is 6.63. The van der Waals surface area contributed by atoms with Crippen molar-refractivity contribution in [2.45, 2.75) is 13.3 Å². The van der Waals surface area contributed by atoms with Crippen molar-refractivity contribution >= 4 is 28.4 Å². The number of aryl methyl sites for hydroxylation is 2. The van der Waals surface area contributed by atoms with E-state index in [2.05, 4.69) is 25.5 Å². The lowest BCUT2D eigenvalue weighted by atomic mass is 10.1. The van der Waals surface area contributed by atoms with Gasteiger partial charge in [-0.25, -0.2) is 0 Å². The summed E-state index contributed by atoms with van der Waals surface area (Å²) in [6.07, 6.45) is 1.43. The van der Waals surface area contributed by atoms with Gasteiger partial charge in [-0.05, 0) is 12.5 Å². The fourth-order valence-electron chi connectivity index (χ4n) is 2.98. The number of rotatable bonds is 5. The molecular weight excluding hydrogens is 392 g/mol. The quantitative estimate of drug-likeness (QED) is 0.372. The summed E-state index contributed by atoms with van der Waals surface area (Å²) in [5.41, 5.74) is 1.18. The molecule has 0 saturated carbocycles. The molecule has 0 radical (unpaired) electrons. The maximum absolute atomic E-state index is 12.5. The number of fused-ring (bicyclic) bond motifs is 1. The van der Waals surface area contributed by atoms with Gasteiger partial charge in [0.25, 0.3) is 11.2 Å². The van der Waals surface area contributed by atoms with Crippen molar-refractivity contribution in [3.63, 3.8) is 0 Å². The second-order valence-electron chi connectivity index (χ2n) is 6.63. The Bertz CT molecular complexity index is 1330. The molecule has 30 heavy (non-hydrogen) atoms. The van der Waals surface area contributed by atoms with Crippen LogP contribution in [0, 0.1) is 17.0 Å². The van der Waals surface area contributed by atoms with E-state index < -0.39 is 4.92 Å². The molecule has 4 aromatic rings. The Morgan fingerprint density at radius 2 is 2.03 bits per heavy atom. The highest BCUT2D eigenvalue weighted by Crippen LogP contribution is 2.17. The van der Waals surface area contributed by atoms with Gasteiger partial charge in [-0.15, -0.1) is 0 Å². The Hall–Kier alpha value is -4.35. The molecule has 12 nitrogen and oxygen atoms in total. The molecule has 0 unspecified atom stereocenters. The number of hydrogen-bond acceptors (Lipinski definition) is 7. The second kappa shape index (κ2) is 7.24. The molecule has 0 atom stereocenters. The van der Waals surface area contributed by atoms with E-state index in [1.807, 2.05) is 0 Å². The van der Waals surface area contributed by atoms with Crippen molar-refractivity contribution in [2.75, 3.05) is 5.32 Å². The average Bonchev–Trinajstić information content (AvgIpc) is 3.25. The summed E-state index contributed by atoms with van der Waals surface area (Å²) in [6.45, 7) is 1.74. The molecule has 0 spiro atoms. The third kappa shape index (κ3) is 3.53. The first-order valence-corrected chi connectivity index (χ1v) is 8.84. The fraction of sp³-hybridized carbons (Fsp3) is 0.167. The van der Waals surface area contributed by atoms with Crippen molar-refractivity contribution in [3.8, 4) is 5.95 Å². The highest BCUT2D eigenvalue weighted by Gasteiger charge is 2.16. The van der Waals surface area contributed by atoms with Gasteiger partial charge in [0.2, 0.25) is 11.9 Å². The molecule has 1 aromatic carbocycles. The maximum Gasteiger partial charge on any atom is 0.269 e. The van der Waals surface area contributed by atoms with Crippen molar-refractivity contribution < 1.29 is 9.72 Å². The van der Waals surface area contributed by atoms with Gasteiger partial charge in [-0.1, -0.05) is 12.1 Å². The van der Waals surface area contributed by atoms with Crippen molar-refractivity contribution in [1.29, 1.82) is 0 Å². The van der Waals surface area contributed by atoms with Gasteiger partial charge < -0.3 is 5.32 Å². The SMILES string of the molecule is Cc1cc(NC(=O)Cc2ccc([N+](=O)[O-])cc2)n(-c2nc3c(cnn3C)c(=O)[nH]2)n1. The van der Waals surface area contributed by atoms with Crippen LogP contribution in [0.2, 0.25) is 0 Å². The Labute approximate surface area is 168 Å². The molecule has 2 N–H and O–H groups in total. The number of nitro groups is 1. The van der Waals surface area contributed by atoms with E-state index in [4.69, 9.17) is 0 Å². The monoisotopic (exact) mass is 408 g/mol. The van der Waals surface area contributed by atoms with Crippen molar-refractivity contribution in [3.05, 3.63) is 68.3 Å². The van der Waals surface area contributed by atoms with Crippen molar-refractivity contribution in [2.24, 2.45) is 7.05 Å². The molecule has 12 heteroatoms. The van der Waals surface area contributed by atoms with E-state index in [0.717, 1.165) is 0 Å². The first-order chi connectivity index (χ1) is 14.3. The molecule has 0 aliphatic carbocycles. The number of nitrogens with one attached hydrogen (secondary N) is 2. The summed E-state index contributed by atoms with van der Waals surface area (Å²) in [7, 11) is 1.67. The molecule has 0 fully saturated rings. The minimum atomic E-state index is -0.502. The van der Waals surface area contributed by atoms with Crippen LogP contribution in [0.5, 0.6) is 0 Å². The predicted octanol–water partition coefficient (Wildman–Crippen LogP) is 1.24. The third-order valence-corrected chi connectivity index (χ3v) is 4.40. The Morgan fingerprint density at radius 3 is 2.73 bits per heavy atom. The van der Waals surface area contributed by atoms with Crippen LogP contribution in [0.4, 0.5) is 11.5 Å². The summed E-state index contributed by atoms with van der Waals surface area (Å²) in [4.78, 5) is 42.1. The number of aromatic amines is 1. The normalized spacial score (nSPS) is 11.0. The smallest absolute Gasteiger partial charge is 0.269 e. The average molecular weight is 408 g/mol. The molecule has 0 saturated heterocycles. The Balaban J connectivity index is 1.60. The molecule has 0 aliphatic rings. The lowest BCUT2D eigenvalue weighted by molar-refractivity contribution is -0.384. The van der Waals surface area contributed by atoms with E-state index in [-0.39, 0.29) is 29.5 Å². The molecule has 0 bridgehead atoms. The minimum absolute atomic E-state index is 0.00688. The topological polar surface area (TPSA) is 154 Å². The third-order valence-electron chi connectivity index (χ3n) is 4.40. The Kier molecular flexibility index (Phi) is 4.58. The summed E-state index contributed by atoms with van der Waals surface area (Å²) in [6, 6.07) is 7.37. The van der Waals surface area contributed by atoms with E-state index in [1.54, 1.807) is 20.0 Å². The first-order valence-electron chi connectivity index (χ1n) is 8.84. The van der Waals surface area contributed by atoms with Crippen LogP contribution in [-0.4, -0.2) is 40.4 Å². The number of anilines is 1. The molecule has 1 amide bonds. The summed E-state index contributed by atoms with van der Waals surface area (Å²) in [5.74, 6) is 0.105. The van der Waals surface area contributed by atoms with Crippen LogP contribution in [0.3, 0.4) is 0 Å². The lowest BCUT2D eigenvalue weighted by Crippen LogP contribution is -2.20. The van der Waals surface area contributed by atoms with E-state index >= 15 is 0 Å². The molecule has 152 valence electrons. The number of carbonyl (C=O) groups excluding carboxylic acids is 1. The van der Waals surface area contributed by atoms with Crippen LogP contribution >= 0.6 is 0 Å². The van der Waals surface area contributed by atoms with Gasteiger partial charge in [0.1, 0.15) is 11.2 Å². The van der Waals surface area contributed by atoms with Gasteiger partial charge in [0.15, 0.2) is 5.65 Å². The highest BCUT2D eigenvalue weighted by atomic mass is 16.6. The summed E-state index contributed by atoms with van der Waals surface area (Å²) < 4.78 is 2.80. The zero-order valence-electron chi connectivity index (χ0n) is 16.0. The van der Waals surface area contributed by atoms with Crippen LogP contribution < -0.4 is 10.9 Å². The molecule has 3 aromatic heterocycles.